The fourth-order valence-electron chi connectivity index (χ4n) is 1.83. The molecule has 0 atom stereocenters. The zero-order valence-corrected chi connectivity index (χ0v) is 11.7. The number of carbonyl (C=O) groups is 1. The van der Waals surface area contributed by atoms with Crippen LogP contribution in [0.1, 0.15) is 10.6 Å². The average Bonchev–Trinajstić information content (AvgIpc) is 2.98. The summed E-state index contributed by atoms with van der Waals surface area (Å²) >= 11 is 5.87. The van der Waals surface area contributed by atoms with E-state index in [4.69, 9.17) is 11.6 Å². The molecule has 0 saturated carbocycles. The first-order valence-corrected chi connectivity index (χ1v) is 6.64. The van der Waals surface area contributed by atoms with Gasteiger partial charge in [0.2, 0.25) is 5.82 Å². The van der Waals surface area contributed by atoms with Gasteiger partial charge in [-0.05, 0) is 30.3 Å². The molecule has 1 amide bonds. The summed E-state index contributed by atoms with van der Waals surface area (Å²) in [5.74, 6) is -0.286. The van der Waals surface area contributed by atoms with Gasteiger partial charge in [0.1, 0.15) is 6.33 Å². The van der Waals surface area contributed by atoms with Crippen LogP contribution in [0.2, 0.25) is 5.02 Å². The Kier molecular flexibility index (Phi) is 3.66. The van der Waals surface area contributed by atoms with E-state index >= 15 is 0 Å². The Labute approximate surface area is 126 Å². The van der Waals surface area contributed by atoms with Gasteiger partial charge in [-0.15, -0.1) is 5.10 Å². The molecule has 3 aromatic rings. The number of benzene rings is 2. The minimum Gasteiger partial charge on any atom is -0.319 e. The van der Waals surface area contributed by atoms with Gasteiger partial charge in [-0.3, -0.25) is 4.79 Å². The zero-order valence-electron chi connectivity index (χ0n) is 10.9. The normalized spacial score (nSPS) is 10.3. The van der Waals surface area contributed by atoms with Gasteiger partial charge in [0.05, 0.1) is 5.69 Å². The maximum absolute atomic E-state index is 12.1. The molecule has 0 radical (unpaired) electrons. The lowest BCUT2D eigenvalue weighted by Gasteiger charge is -2.02. The number of hydrogen-bond acceptors (Lipinski definition) is 3. The predicted molar refractivity (Wildman–Crippen MR) is 80.8 cm³/mol. The van der Waals surface area contributed by atoms with Gasteiger partial charge in [-0.1, -0.05) is 35.9 Å². The zero-order chi connectivity index (χ0) is 14.7. The van der Waals surface area contributed by atoms with Crippen LogP contribution in [0.4, 0.5) is 5.69 Å². The van der Waals surface area contributed by atoms with Crippen LogP contribution in [0.25, 0.3) is 5.69 Å². The molecule has 1 aromatic heterocycles. The fourth-order valence-corrected chi connectivity index (χ4v) is 2.02. The lowest BCUT2D eigenvalue weighted by atomic mass is 10.3. The van der Waals surface area contributed by atoms with Gasteiger partial charge < -0.3 is 5.32 Å². The van der Waals surface area contributed by atoms with E-state index in [-0.39, 0.29) is 11.7 Å². The van der Waals surface area contributed by atoms with Crippen LogP contribution in [0, 0.1) is 0 Å². The van der Waals surface area contributed by atoms with Crippen LogP contribution >= 0.6 is 11.6 Å². The molecule has 104 valence electrons. The summed E-state index contributed by atoms with van der Waals surface area (Å²) in [6.07, 6.45) is 1.50. The molecular formula is C15H11ClN4O. The maximum atomic E-state index is 12.1. The highest BCUT2D eigenvalue weighted by Gasteiger charge is 2.12. The van der Waals surface area contributed by atoms with Gasteiger partial charge >= 0.3 is 0 Å². The standard InChI is InChI=1S/C15H11ClN4O/c16-11-5-4-6-12(9-11)18-15(21)14-17-10-20(19-14)13-7-2-1-3-8-13/h1-10H,(H,18,21). The molecule has 0 aliphatic carbocycles. The van der Waals surface area contributed by atoms with Crippen LogP contribution in [0.15, 0.2) is 60.9 Å². The summed E-state index contributed by atoms with van der Waals surface area (Å²) in [6.45, 7) is 0. The molecule has 6 heteroatoms. The highest BCUT2D eigenvalue weighted by Crippen LogP contribution is 2.15. The van der Waals surface area contributed by atoms with Gasteiger partial charge in [0.15, 0.2) is 0 Å². The summed E-state index contributed by atoms with van der Waals surface area (Å²) in [6, 6.07) is 16.4. The summed E-state index contributed by atoms with van der Waals surface area (Å²) < 4.78 is 1.55. The number of halogens is 1. The van der Waals surface area contributed by atoms with Crippen molar-refractivity contribution < 1.29 is 4.79 Å². The minimum atomic E-state index is -0.382. The average molecular weight is 299 g/mol. The Morgan fingerprint density at radius 1 is 1.10 bits per heavy atom. The lowest BCUT2D eigenvalue weighted by molar-refractivity contribution is 0.101. The number of nitrogens with zero attached hydrogens (tertiary/aromatic N) is 3. The molecule has 0 saturated heterocycles. The quantitative estimate of drug-likeness (QED) is 0.808. The third kappa shape index (κ3) is 3.09. The number of nitrogens with one attached hydrogen (secondary N) is 1. The molecule has 0 unspecified atom stereocenters. The van der Waals surface area contributed by atoms with Gasteiger partial charge in [-0.25, -0.2) is 9.67 Å². The minimum absolute atomic E-state index is 0.0961. The molecule has 0 bridgehead atoms. The largest absolute Gasteiger partial charge is 0.319 e. The third-order valence-corrected chi connectivity index (χ3v) is 3.03. The monoisotopic (exact) mass is 298 g/mol. The summed E-state index contributed by atoms with van der Waals surface area (Å²) in [5, 5.41) is 7.41. The number of anilines is 1. The molecule has 2 aromatic carbocycles. The summed E-state index contributed by atoms with van der Waals surface area (Å²) in [4.78, 5) is 16.1. The van der Waals surface area contributed by atoms with Crippen molar-refractivity contribution in [2.45, 2.75) is 0 Å². The summed E-state index contributed by atoms with van der Waals surface area (Å²) in [7, 11) is 0. The number of amides is 1. The number of aromatic nitrogens is 3. The van der Waals surface area contributed by atoms with Gasteiger partial charge in [0, 0.05) is 10.7 Å². The summed E-state index contributed by atoms with van der Waals surface area (Å²) in [5.41, 5.74) is 1.44. The van der Waals surface area contributed by atoms with E-state index in [1.807, 2.05) is 30.3 Å². The van der Waals surface area contributed by atoms with E-state index in [0.29, 0.717) is 10.7 Å². The highest BCUT2D eigenvalue weighted by atomic mass is 35.5. The van der Waals surface area contributed by atoms with Gasteiger partial charge in [-0.2, -0.15) is 0 Å². The van der Waals surface area contributed by atoms with Crippen molar-refractivity contribution in [3.63, 3.8) is 0 Å². The van der Waals surface area contributed by atoms with Crippen molar-refractivity contribution in [2.75, 3.05) is 5.32 Å². The smallest absolute Gasteiger partial charge is 0.295 e. The Balaban J connectivity index is 1.78. The fraction of sp³-hybridized carbons (Fsp3) is 0. The van der Waals surface area contributed by atoms with Crippen LogP contribution in [-0.4, -0.2) is 20.7 Å². The molecule has 1 N–H and O–H groups in total. The highest BCUT2D eigenvalue weighted by molar-refractivity contribution is 6.30. The van der Waals surface area contributed by atoms with E-state index in [2.05, 4.69) is 15.4 Å². The third-order valence-electron chi connectivity index (χ3n) is 2.80. The number of rotatable bonds is 3. The number of carbonyl (C=O) groups excluding carboxylic acids is 1. The molecule has 0 aliphatic rings. The Bertz CT molecular complexity index is 770. The maximum Gasteiger partial charge on any atom is 0.295 e. The second-order valence-electron chi connectivity index (χ2n) is 4.31. The van der Waals surface area contributed by atoms with E-state index in [9.17, 15) is 4.79 Å². The van der Waals surface area contributed by atoms with E-state index in [0.717, 1.165) is 5.69 Å². The lowest BCUT2D eigenvalue weighted by Crippen LogP contribution is -2.14. The van der Waals surface area contributed by atoms with E-state index < -0.39 is 0 Å². The predicted octanol–water partition coefficient (Wildman–Crippen LogP) is 3.17. The van der Waals surface area contributed by atoms with Crippen molar-refractivity contribution in [3.05, 3.63) is 71.8 Å². The SMILES string of the molecule is O=C(Nc1cccc(Cl)c1)c1ncn(-c2ccccc2)n1. The van der Waals surface area contributed by atoms with Crippen molar-refractivity contribution in [1.29, 1.82) is 0 Å². The Hall–Kier alpha value is -2.66. The first-order valence-electron chi connectivity index (χ1n) is 6.26. The van der Waals surface area contributed by atoms with Crippen molar-refractivity contribution in [3.8, 4) is 5.69 Å². The Morgan fingerprint density at radius 2 is 1.90 bits per heavy atom. The van der Waals surface area contributed by atoms with Gasteiger partial charge in [0.25, 0.3) is 5.91 Å². The first kappa shape index (κ1) is 13.3. The molecule has 0 spiro atoms. The van der Waals surface area contributed by atoms with Crippen LogP contribution < -0.4 is 5.32 Å². The first-order chi connectivity index (χ1) is 10.2. The van der Waals surface area contributed by atoms with E-state index in [1.54, 1.807) is 28.9 Å². The van der Waals surface area contributed by atoms with Crippen molar-refractivity contribution >= 4 is 23.2 Å². The molecule has 21 heavy (non-hydrogen) atoms. The van der Waals surface area contributed by atoms with Crippen LogP contribution in [-0.2, 0) is 0 Å². The molecular weight excluding hydrogens is 288 g/mol. The Morgan fingerprint density at radius 3 is 2.67 bits per heavy atom. The number of para-hydroxylation sites is 1. The molecule has 0 fully saturated rings. The number of hydrogen-bond donors (Lipinski definition) is 1. The van der Waals surface area contributed by atoms with Crippen molar-refractivity contribution in [2.24, 2.45) is 0 Å². The molecule has 0 aliphatic heterocycles. The van der Waals surface area contributed by atoms with Crippen LogP contribution in [0.5, 0.6) is 0 Å². The molecule has 1 heterocycles. The van der Waals surface area contributed by atoms with Crippen molar-refractivity contribution in [1.82, 2.24) is 14.8 Å². The second-order valence-corrected chi connectivity index (χ2v) is 4.75. The van der Waals surface area contributed by atoms with E-state index in [1.165, 1.54) is 6.33 Å². The molecule has 5 nitrogen and oxygen atoms in total. The second kappa shape index (κ2) is 5.76. The molecule has 3 rings (SSSR count). The topological polar surface area (TPSA) is 59.8 Å². The van der Waals surface area contributed by atoms with Crippen LogP contribution in [0.3, 0.4) is 0 Å².